The third-order valence-electron chi connectivity index (χ3n) is 3.99. The SMILES string of the molecule is Cc1ccc(-c2cc(-c3nc4ccc(C(F)(F)F)cc4[nH]3)[nH]n2)cc1. The summed E-state index contributed by atoms with van der Waals surface area (Å²) in [5, 5.41) is 7.13. The molecular formula is C18H13F3N4. The number of fused-ring (bicyclic) bond motifs is 1. The van der Waals surface area contributed by atoms with E-state index in [9.17, 15) is 13.2 Å². The highest BCUT2D eigenvalue weighted by Gasteiger charge is 2.30. The molecule has 2 aromatic heterocycles. The number of benzene rings is 2. The maximum absolute atomic E-state index is 12.8. The molecule has 0 saturated carbocycles. The number of halogens is 3. The predicted octanol–water partition coefficient (Wildman–Crippen LogP) is 4.95. The van der Waals surface area contributed by atoms with Crippen LogP contribution in [-0.2, 0) is 6.18 Å². The highest BCUT2D eigenvalue weighted by atomic mass is 19.4. The number of nitrogens with zero attached hydrogens (tertiary/aromatic N) is 2. The van der Waals surface area contributed by atoms with Gasteiger partial charge in [-0.05, 0) is 31.2 Å². The minimum absolute atomic E-state index is 0.330. The maximum Gasteiger partial charge on any atom is 0.416 e. The normalized spacial score (nSPS) is 12.0. The largest absolute Gasteiger partial charge is 0.416 e. The van der Waals surface area contributed by atoms with Crippen LogP contribution in [0.25, 0.3) is 33.8 Å². The van der Waals surface area contributed by atoms with Crippen LogP contribution >= 0.6 is 0 Å². The topological polar surface area (TPSA) is 57.4 Å². The Morgan fingerprint density at radius 2 is 1.72 bits per heavy atom. The van der Waals surface area contributed by atoms with Crippen LogP contribution in [0.2, 0.25) is 0 Å². The second-order valence-corrected chi connectivity index (χ2v) is 5.85. The van der Waals surface area contributed by atoms with Crippen molar-refractivity contribution < 1.29 is 13.2 Å². The Bertz CT molecular complexity index is 1040. The van der Waals surface area contributed by atoms with Gasteiger partial charge in [-0.15, -0.1) is 0 Å². The van der Waals surface area contributed by atoms with E-state index in [2.05, 4.69) is 20.2 Å². The van der Waals surface area contributed by atoms with E-state index in [1.165, 1.54) is 6.07 Å². The highest BCUT2D eigenvalue weighted by Crippen LogP contribution is 2.32. The minimum atomic E-state index is -4.38. The van der Waals surface area contributed by atoms with E-state index in [1.807, 2.05) is 37.3 Å². The molecule has 0 aliphatic heterocycles. The Kier molecular flexibility index (Phi) is 3.38. The monoisotopic (exact) mass is 342 g/mol. The summed E-state index contributed by atoms with van der Waals surface area (Å²) >= 11 is 0. The van der Waals surface area contributed by atoms with Crippen LogP contribution in [-0.4, -0.2) is 20.2 Å². The van der Waals surface area contributed by atoms with Crippen molar-refractivity contribution in [2.24, 2.45) is 0 Å². The van der Waals surface area contributed by atoms with Crippen molar-refractivity contribution in [3.8, 4) is 22.8 Å². The number of hydrogen-bond acceptors (Lipinski definition) is 2. The third-order valence-corrected chi connectivity index (χ3v) is 3.99. The number of H-pyrrole nitrogens is 2. The van der Waals surface area contributed by atoms with E-state index >= 15 is 0 Å². The van der Waals surface area contributed by atoms with Crippen LogP contribution in [0.4, 0.5) is 13.2 Å². The number of hydrogen-bond donors (Lipinski definition) is 2. The smallest absolute Gasteiger partial charge is 0.337 e. The molecule has 0 aliphatic carbocycles. The van der Waals surface area contributed by atoms with Gasteiger partial charge in [-0.3, -0.25) is 5.10 Å². The average Bonchev–Trinajstić information content (AvgIpc) is 3.20. The summed E-state index contributed by atoms with van der Waals surface area (Å²) < 4.78 is 38.4. The Hall–Kier alpha value is -3.09. The summed E-state index contributed by atoms with van der Waals surface area (Å²) in [4.78, 5) is 7.25. The zero-order valence-electron chi connectivity index (χ0n) is 13.1. The molecule has 2 N–H and O–H groups in total. The van der Waals surface area contributed by atoms with E-state index in [1.54, 1.807) is 0 Å². The number of rotatable bonds is 2. The molecular weight excluding hydrogens is 329 g/mol. The standard InChI is InChI=1S/C18H13F3N4/c1-10-2-4-11(5-3-10)14-9-16(25-24-14)17-22-13-7-6-12(18(19,20)21)8-15(13)23-17/h2-9H,1H3,(H,22,23)(H,24,25). The summed E-state index contributed by atoms with van der Waals surface area (Å²) in [5.41, 5.74) is 3.54. The first-order chi connectivity index (χ1) is 11.9. The van der Waals surface area contributed by atoms with Crippen LogP contribution in [0, 0.1) is 6.92 Å². The highest BCUT2D eigenvalue weighted by molar-refractivity contribution is 5.80. The average molecular weight is 342 g/mol. The summed E-state index contributed by atoms with van der Waals surface area (Å²) in [6.07, 6.45) is -4.38. The molecule has 0 spiro atoms. The fourth-order valence-electron chi connectivity index (χ4n) is 2.63. The number of aromatic nitrogens is 4. The van der Waals surface area contributed by atoms with Crippen molar-refractivity contribution >= 4 is 11.0 Å². The molecule has 2 heterocycles. The van der Waals surface area contributed by atoms with Gasteiger partial charge in [0, 0.05) is 5.56 Å². The molecule has 0 amide bonds. The molecule has 4 nitrogen and oxygen atoms in total. The zero-order chi connectivity index (χ0) is 17.6. The number of imidazole rings is 1. The molecule has 0 aliphatic rings. The lowest BCUT2D eigenvalue weighted by molar-refractivity contribution is -0.137. The van der Waals surface area contributed by atoms with Gasteiger partial charge in [0.2, 0.25) is 0 Å². The molecule has 0 bridgehead atoms. The van der Waals surface area contributed by atoms with Crippen LogP contribution in [0.15, 0.2) is 48.5 Å². The van der Waals surface area contributed by atoms with Gasteiger partial charge in [-0.2, -0.15) is 18.3 Å². The fraction of sp³-hybridized carbons (Fsp3) is 0.111. The molecule has 25 heavy (non-hydrogen) atoms. The maximum atomic E-state index is 12.8. The Morgan fingerprint density at radius 1 is 0.960 bits per heavy atom. The van der Waals surface area contributed by atoms with Gasteiger partial charge in [-0.1, -0.05) is 29.8 Å². The number of aromatic amines is 2. The van der Waals surface area contributed by atoms with Gasteiger partial charge in [0.15, 0.2) is 5.82 Å². The Morgan fingerprint density at radius 3 is 2.44 bits per heavy atom. The number of alkyl halides is 3. The summed E-state index contributed by atoms with van der Waals surface area (Å²) in [6.45, 7) is 2.00. The van der Waals surface area contributed by atoms with E-state index in [-0.39, 0.29) is 0 Å². The zero-order valence-corrected chi connectivity index (χ0v) is 13.1. The van der Waals surface area contributed by atoms with Gasteiger partial charge in [-0.25, -0.2) is 4.98 Å². The van der Waals surface area contributed by atoms with Gasteiger partial charge in [0.05, 0.1) is 22.3 Å². The van der Waals surface area contributed by atoms with Crippen molar-refractivity contribution in [1.29, 1.82) is 0 Å². The lowest BCUT2D eigenvalue weighted by atomic mass is 10.1. The number of nitrogens with one attached hydrogen (secondary N) is 2. The molecule has 0 fully saturated rings. The van der Waals surface area contributed by atoms with Crippen molar-refractivity contribution in [2.45, 2.75) is 13.1 Å². The summed E-state index contributed by atoms with van der Waals surface area (Å²) in [5.74, 6) is 0.445. The third kappa shape index (κ3) is 2.88. The Balaban J connectivity index is 1.71. The fourth-order valence-corrected chi connectivity index (χ4v) is 2.63. The molecule has 126 valence electrons. The van der Waals surface area contributed by atoms with Crippen molar-refractivity contribution in [2.75, 3.05) is 0 Å². The van der Waals surface area contributed by atoms with E-state index in [4.69, 9.17) is 0 Å². The van der Waals surface area contributed by atoms with Gasteiger partial charge < -0.3 is 4.98 Å². The molecule has 4 aromatic rings. The van der Waals surface area contributed by atoms with Gasteiger partial charge in [0.1, 0.15) is 5.69 Å². The second-order valence-electron chi connectivity index (χ2n) is 5.85. The van der Waals surface area contributed by atoms with E-state index < -0.39 is 11.7 Å². The summed E-state index contributed by atoms with van der Waals surface area (Å²) in [6, 6.07) is 13.2. The molecule has 4 rings (SSSR count). The van der Waals surface area contributed by atoms with Crippen molar-refractivity contribution in [3.63, 3.8) is 0 Å². The van der Waals surface area contributed by atoms with Crippen LogP contribution in [0.5, 0.6) is 0 Å². The van der Waals surface area contributed by atoms with Crippen molar-refractivity contribution in [1.82, 2.24) is 20.2 Å². The van der Waals surface area contributed by atoms with Crippen molar-refractivity contribution in [3.05, 3.63) is 59.7 Å². The van der Waals surface area contributed by atoms with Crippen LogP contribution in [0.1, 0.15) is 11.1 Å². The quantitative estimate of drug-likeness (QED) is 0.542. The predicted molar refractivity (Wildman–Crippen MR) is 88.9 cm³/mol. The minimum Gasteiger partial charge on any atom is -0.337 e. The molecule has 2 aromatic carbocycles. The summed E-state index contributed by atoms with van der Waals surface area (Å²) in [7, 11) is 0. The van der Waals surface area contributed by atoms with Crippen LogP contribution < -0.4 is 0 Å². The molecule has 0 radical (unpaired) electrons. The van der Waals surface area contributed by atoms with Crippen LogP contribution in [0.3, 0.4) is 0 Å². The molecule has 7 heteroatoms. The Labute approximate surface area is 140 Å². The second kappa shape index (κ2) is 5.47. The molecule has 0 saturated heterocycles. The van der Waals surface area contributed by atoms with E-state index in [0.29, 0.717) is 22.6 Å². The lowest BCUT2D eigenvalue weighted by Crippen LogP contribution is -2.04. The first-order valence-electron chi connectivity index (χ1n) is 7.60. The molecule has 0 unspecified atom stereocenters. The van der Waals surface area contributed by atoms with Gasteiger partial charge >= 0.3 is 6.18 Å². The van der Waals surface area contributed by atoms with Gasteiger partial charge in [0.25, 0.3) is 0 Å². The lowest BCUT2D eigenvalue weighted by Gasteiger charge is -2.05. The first kappa shape index (κ1) is 15.4. The number of aryl methyl sites for hydroxylation is 1. The van der Waals surface area contributed by atoms with E-state index in [0.717, 1.165) is 29.0 Å². The molecule has 0 atom stereocenters. The first-order valence-corrected chi connectivity index (χ1v) is 7.60.